The van der Waals surface area contributed by atoms with Gasteiger partial charge in [0.1, 0.15) is 0 Å². The molecule has 2 saturated heterocycles. The molecule has 0 unspecified atom stereocenters. The minimum atomic E-state index is -0.254. The molecule has 0 N–H and O–H groups in total. The summed E-state index contributed by atoms with van der Waals surface area (Å²) in [5.74, 6) is 1.11. The van der Waals surface area contributed by atoms with Gasteiger partial charge in [-0.05, 0) is 24.7 Å². The summed E-state index contributed by atoms with van der Waals surface area (Å²) in [4.78, 5) is 1.90. The lowest BCUT2D eigenvalue weighted by molar-refractivity contribution is -0.199. The predicted molar refractivity (Wildman–Crippen MR) is 57.3 cm³/mol. The molecule has 0 aromatic carbocycles. The van der Waals surface area contributed by atoms with Gasteiger partial charge in [-0.15, -0.1) is 0 Å². The van der Waals surface area contributed by atoms with E-state index in [-0.39, 0.29) is 5.79 Å². The van der Waals surface area contributed by atoms with Crippen molar-refractivity contribution in [3.05, 3.63) is 0 Å². The van der Waals surface area contributed by atoms with Crippen LogP contribution in [0.5, 0.6) is 0 Å². The Morgan fingerprint density at radius 1 is 1.19 bits per heavy atom. The van der Waals surface area contributed by atoms with E-state index >= 15 is 0 Å². The molecule has 88 valence electrons. The largest absolute Gasteiger partial charge is 0.348 e. The molecular formula is C12H18N2O2. The summed E-state index contributed by atoms with van der Waals surface area (Å²) in [5.41, 5.74) is 0. The SMILES string of the molecule is N#CN1CC[C@@H]2CC3(CC[C@H]2C1)OCCO3. The highest BCUT2D eigenvalue weighted by molar-refractivity contribution is 4.94. The molecule has 0 aromatic rings. The van der Waals surface area contributed by atoms with Gasteiger partial charge in [0, 0.05) is 25.9 Å². The minimum absolute atomic E-state index is 0.254. The van der Waals surface area contributed by atoms with Gasteiger partial charge >= 0.3 is 0 Å². The Bertz CT molecular complexity index is 307. The first-order chi connectivity index (χ1) is 7.81. The number of ether oxygens (including phenoxy) is 2. The number of nitriles is 1. The molecule has 1 aliphatic carbocycles. The molecular weight excluding hydrogens is 204 g/mol. The van der Waals surface area contributed by atoms with Crippen molar-refractivity contribution in [2.45, 2.75) is 31.5 Å². The highest BCUT2D eigenvalue weighted by Crippen LogP contribution is 2.44. The first-order valence-electron chi connectivity index (χ1n) is 6.24. The molecule has 2 heterocycles. The van der Waals surface area contributed by atoms with Crippen molar-refractivity contribution in [3.63, 3.8) is 0 Å². The minimum Gasteiger partial charge on any atom is -0.348 e. The third-order valence-electron chi connectivity index (χ3n) is 4.32. The summed E-state index contributed by atoms with van der Waals surface area (Å²) in [6.45, 7) is 3.36. The van der Waals surface area contributed by atoms with Crippen LogP contribution < -0.4 is 0 Å². The molecule has 4 heteroatoms. The maximum absolute atomic E-state index is 8.91. The van der Waals surface area contributed by atoms with E-state index in [4.69, 9.17) is 14.7 Å². The molecule has 0 aromatic heterocycles. The molecule has 4 nitrogen and oxygen atoms in total. The first-order valence-corrected chi connectivity index (χ1v) is 6.24. The van der Waals surface area contributed by atoms with Crippen molar-refractivity contribution in [2.24, 2.45) is 11.8 Å². The molecule has 0 bridgehead atoms. The molecule has 3 fully saturated rings. The van der Waals surface area contributed by atoms with Gasteiger partial charge in [-0.2, -0.15) is 5.26 Å². The van der Waals surface area contributed by atoms with Crippen LogP contribution in [-0.4, -0.2) is 37.0 Å². The third kappa shape index (κ3) is 1.68. The second kappa shape index (κ2) is 3.90. The van der Waals surface area contributed by atoms with Crippen molar-refractivity contribution in [3.8, 4) is 6.19 Å². The molecule has 2 atom stereocenters. The predicted octanol–water partition coefficient (Wildman–Crippen LogP) is 1.33. The maximum Gasteiger partial charge on any atom is 0.179 e. The highest BCUT2D eigenvalue weighted by Gasteiger charge is 2.46. The van der Waals surface area contributed by atoms with Crippen LogP contribution in [0.2, 0.25) is 0 Å². The zero-order valence-corrected chi connectivity index (χ0v) is 9.52. The van der Waals surface area contributed by atoms with E-state index < -0.39 is 0 Å². The van der Waals surface area contributed by atoms with Crippen molar-refractivity contribution in [1.82, 2.24) is 4.90 Å². The average Bonchev–Trinajstić information content (AvgIpc) is 2.77. The molecule has 1 spiro atoms. The Hall–Kier alpha value is -0.790. The summed E-state index contributed by atoms with van der Waals surface area (Å²) >= 11 is 0. The van der Waals surface area contributed by atoms with E-state index in [0.29, 0.717) is 11.8 Å². The summed E-state index contributed by atoms with van der Waals surface area (Å²) in [7, 11) is 0. The second-order valence-corrected chi connectivity index (χ2v) is 5.21. The Labute approximate surface area is 96.1 Å². The summed E-state index contributed by atoms with van der Waals surface area (Å²) in [6, 6.07) is 0. The van der Waals surface area contributed by atoms with Crippen LogP contribution in [0.25, 0.3) is 0 Å². The Morgan fingerprint density at radius 3 is 2.75 bits per heavy atom. The number of nitrogens with zero attached hydrogens (tertiary/aromatic N) is 2. The van der Waals surface area contributed by atoms with Crippen LogP contribution in [-0.2, 0) is 9.47 Å². The third-order valence-corrected chi connectivity index (χ3v) is 4.32. The van der Waals surface area contributed by atoms with E-state index in [9.17, 15) is 0 Å². The fraction of sp³-hybridized carbons (Fsp3) is 0.917. The number of piperidine rings is 1. The van der Waals surface area contributed by atoms with Gasteiger partial charge in [-0.3, -0.25) is 0 Å². The van der Waals surface area contributed by atoms with Crippen LogP contribution in [0.15, 0.2) is 0 Å². The van der Waals surface area contributed by atoms with Crippen LogP contribution in [0.4, 0.5) is 0 Å². The first kappa shape index (κ1) is 10.4. The maximum atomic E-state index is 8.91. The van der Waals surface area contributed by atoms with E-state index in [1.807, 2.05) is 4.90 Å². The molecule has 0 radical (unpaired) electrons. The Morgan fingerprint density at radius 2 is 2.00 bits per heavy atom. The van der Waals surface area contributed by atoms with Crippen LogP contribution in [0.3, 0.4) is 0 Å². The topological polar surface area (TPSA) is 45.5 Å². The Kier molecular flexibility index (Phi) is 2.53. The van der Waals surface area contributed by atoms with Crippen molar-refractivity contribution >= 4 is 0 Å². The zero-order valence-electron chi connectivity index (χ0n) is 9.52. The van der Waals surface area contributed by atoms with Gasteiger partial charge in [0.15, 0.2) is 12.0 Å². The normalized spacial score (nSPS) is 37.1. The molecule has 1 saturated carbocycles. The number of rotatable bonds is 0. The van der Waals surface area contributed by atoms with Crippen LogP contribution in [0, 0.1) is 23.3 Å². The van der Waals surface area contributed by atoms with Crippen molar-refractivity contribution in [2.75, 3.05) is 26.3 Å². The quantitative estimate of drug-likeness (QED) is 0.580. The zero-order chi connectivity index (χ0) is 11.0. The molecule has 16 heavy (non-hydrogen) atoms. The monoisotopic (exact) mass is 222 g/mol. The lowest BCUT2D eigenvalue weighted by Crippen LogP contribution is -2.47. The van der Waals surface area contributed by atoms with E-state index in [1.165, 1.54) is 0 Å². The second-order valence-electron chi connectivity index (χ2n) is 5.21. The van der Waals surface area contributed by atoms with Gasteiger partial charge in [0.05, 0.1) is 13.2 Å². The van der Waals surface area contributed by atoms with Crippen molar-refractivity contribution in [1.29, 1.82) is 5.26 Å². The van der Waals surface area contributed by atoms with Gasteiger partial charge in [0.25, 0.3) is 0 Å². The molecule has 3 aliphatic rings. The van der Waals surface area contributed by atoms with E-state index in [2.05, 4.69) is 6.19 Å². The smallest absolute Gasteiger partial charge is 0.179 e. The average molecular weight is 222 g/mol. The lowest BCUT2D eigenvalue weighted by Gasteiger charge is -2.45. The van der Waals surface area contributed by atoms with Crippen LogP contribution in [0.1, 0.15) is 25.7 Å². The standard InChI is InChI=1S/C12H18N2O2/c13-9-14-4-2-10-7-12(15-5-6-16-12)3-1-11(10)8-14/h10-11H,1-8H2/t10-,11+/m1/s1. The molecule has 3 rings (SSSR count). The molecule has 0 amide bonds. The van der Waals surface area contributed by atoms with Crippen LogP contribution >= 0.6 is 0 Å². The van der Waals surface area contributed by atoms with Gasteiger partial charge in [-0.1, -0.05) is 0 Å². The van der Waals surface area contributed by atoms with Gasteiger partial charge in [-0.25, -0.2) is 0 Å². The fourth-order valence-corrected chi connectivity index (χ4v) is 3.43. The highest BCUT2D eigenvalue weighted by atomic mass is 16.7. The van der Waals surface area contributed by atoms with Gasteiger partial charge in [0.2, 0.25) is 0 Å². The Balaban J connectivity index is 1.66. The van der Waals surface area contributed by atoms with E-state index in [1.54, 1.807) is 0 Å². The van der Waals surface area contributed by atoms with Gasteiger partial charge < -0.3 is 14.4 Å². The number of fused-ring (bicyclic) bond motifs is 1. The summed E-state index contributed by atoms with van der Waals surface area (Å²) in [5, 5.41) is 8.91. The molecule has 2 aliphatic heterocycles. The van der Waals surface area contributed by atoms with Crippen molar-refractivity contribution < 1.29 is 9.47 Å². The number of likely N-dealkylation sites (tertiary alicyclic amines) is 1. The fourth-order valence-electron chi connectivity index (χ4n) is 3.43. The summed E-state index contributed by atoms with van der Waals surface area (Å²) < 4.78 is 11.6. The number of hydrogen-bond donors (Lipinski definition) is 0. The summed E-state index contributed by atoms with van der Waals surface area (Å²) in [6.07, 6.45) is 6.57. The van der Waals surface area contributed by atoms with E-state index in [0.717, 1.165) is 52.0 Å². The lowest BCUT2D eigenvalue weighted by atomic mass is 9.72. The number of hydrogen-bond acceptors (Lipinski definition) is 4.